The number of ether oxygens (including phenoxy) is 2. The highest BCUT2D eigenvalue weighted by atomic mass is 16.6. The summed E-state index contributed by atoms with van der Waals surface area (Å²) in [6.45, 7) is 3.45. The zero-order valence-corrected chi connectivity index (χ0v) is 17.8. The lowest BCUT2D eigenvalue weighted by Gasteiger charge is -2.31. The Balaban J connectivity index is 2.25. The minimum Gasteiger partial charge on any atom is -0.491 e. The van der Waals surface area contributed by atoms with Crippen LogP contribution in [0.1, 0.15) is 35.9 Å². The lowest BCUT2D eigenvalue weighted by Crippen LogP contribution is -2.35. The monoisotopic (exact) mass is 442 g/mol. The second-order valence-electron chi connectivity index (χ2n) is 7.38. The predicted octanol–water partition coefficient (Wildman–Crippen LogP) is 2.75. The molecule has 0 heterocycles. The molecule has 0 saturated carbocycles. The molecule has 170 valence electrons. The summed E-state index contributed by atoms with van der Waals surface area (Å²) in [6, 6.07) is 14.8. The van der Waals surface area contributed by atoms with Crippen LogP contribution in [0.25, 0.3) is 0 Å². The number of rotatable bonds is 9. The van der Waals surface area contributed by atoms with Crippen molar-refractivity contribution in [2.45, 2.75) is 20.0 Å². The number of nitrogens with one attached hydrogen (secondary N) is 2. The number of aliphatic hydroxyl groups excluding tert-OH is 1. The SMILES string of the molecule is CC(C)(/C=C/C(=O)NO)[C@H](OC(=O)NC(=O)c1ccccc1)c1ccc(OCCO)cc1. The number of benzene rings is 2. The topological polar surface area (TPSA) is 134 Å². The molecule has 0 bridgehead atoms. The molecule has 0 radical (unpaired) electrons. The Morgan fingerprint density at radius 1 is 1.06 bits per heavy atom. The van der Waals surface area contributed by atoms with Gasteiger partial charge in [-0.3, -0.25) is 20.1 Å². The first-order chi connectivity index (χ1) is 15.3. The normalized spacial score (nSPS) is 12.1. The van der Waals surface area contributed by atoms with Crippen LogP contribution in [0.15, 0.2) is 66.7 Å². The van der Waals surface area contributed by atoms with Crippen LogP contribution >= 0.6 is 0 Å². The van der Waals surface area contributed by atoms with Crippen molar-refractivity contribution < 1.29 is 34.2 Å². The maximum atomic E-state index is 12.5. The fraction of sp³-hybridized carbons (Fsp3) is 0.261. The van der Waals surface area contributed by atoms with E-state index in [-0.39, 0.29) is 13.2 Å². The minimum atomic E-state index is -0.961. The Bertz CT molecular complexity index is 941. The van der Waals surface area contributed by atoms with Crippen LogP contribution in [0.2, 0.25) is 0 Å². The van der Waals surface area contributed by atoms with E-state index >= 15 is 0 Å². The predicted molar refractivity (Wildman–Crippen MR) is 115 cm³/mol. The molecule has 0 aliphatic heterocycles. The second kappa shape index (κ2) is 11.6. The van der Waals surface area contributed by atoms with Crippen molar-refractivity contribution in [1.29, 1.82) is 0 Å². The van der Waals surface area contributed by atoms with E-state index in [9.17, 15) is 14.4 Å². The smallest absolute Gasteiger partial charge is 0.414 e. The van der Waals surface area contributed by atoms with Gasteiger partial charge in [-0.25, -0.2) is 10.3 Å². The van der Waals surface area contributed by atoms with Gasteiger partial charge >= 0.3 is 6.09 Å². The molecule has 0 aromatic heterocycles. The molecule has 9 nitrogen and oxygen atoms in total. The number of imide groups is 1. The highest BCUT2D eigenvalue weighted by Gasteiger charge is 2.33. The molecule has 9 heteroatoms. The van der Waals surface area contributed by atoms with Gasteiger partial charge in [-0.1, -0.05) is 50.3 Å². The number of alkyl carbamates (subject to hydrolysis) is 1. The average Bonchev–Trinajstić information content (AvgIpc) is 2.80. The lowest BCUT2D eigenvalue weighted by molar-refractivity contribution is -0.124. The largest absolute Gasteiger partial charge is 0.491 e. The van der Waals surface area contributed by atoms with Gasteiger partial charge in [0.25, 0.3) is 11.8 Å². The minimum absolute atomic E-state index is 0.131. The molecule has 2 rings (SSSR count). The molecular weight excluding hydrogens is 416 g/mol. The summed E-state index contributed by atoms with van der Waals surface area (Å²) in [5.41, 5.74) is 1.46. The Morgan fingerprint density at radius 3 is 2.31 bits per heavy atom. The Kier molecular flexibility index (Phi) is 8.94. The third-order valence-corrected chi connectivity index (χ3v) is 4.47. The van der Waals surface area contributed by atoms with Crippen molar-refractivity contribution in [3.05, 3.63) is 77.9 Å². The molecule has 1 atom stereocenters. The highest BCUT2D eigenvalue weighted by molar-refractivity contribution is 6.02. The van der Waals surface area contributed by atoms with Crippen LogP contribution < -0.4 is 15.5 Å². The summed E-state index contributed by atoms with van der Waals surface area (Å²) >= 11 is 0. The first-order valence-corrected chi connectivity index (χ1v) is 9.80. The summed E-state index contributed by atoms with van der Waals surface area (Å²) in [5.74, 6) is -0.846. The molecule has 0 spiro atoms. The van der Waals surface area contributed by atoms with Crippen molar-refractivity contribution in [3.63, 3.8) is 0 Å². The highest BCUT2D eigenvalue weighted by Crippen LogP contribution is 2.38. The third-order valence-electron chi connectivity index (χ3n) is 4.47. The number of hydrogen-bond donors (Lipinski definition) is 4. The van der Waals surface area contributed by atoms with Gasteiger partial charge in [0.2, 0.25) is 0 Å². The number of carbonyl (C=O) groups excluding carboxylic acids is 3. The molecule has 2 aromatic rings. The quantitative estimate of drug-likeness (QED) is 0.266. The first-order valence-electron chi connectivity index (χ1n) is 9.80. The Hall–Kier alpha value is -3.69. The molecule has 32 heavy (non-hydrogen) atoms. The zero-order chi connectivity index (χ0) is 23.6. The van der Waals surface area contributed by atoms with Crippen LogP contribution in [-0.4, -0.2) is 41.4 Å². The second-order valence-corrected chi connectivity index (χ2v) is 7.38. The van der Waals surface area contributed by atoms with Gasteiger partial charge in [0.15, 0.2) is 0 Å². The van der Waals surface area contributed by atoms with E-state index in [0.29, 0.717) is 16.9 Å². The zero-order valence-electron chi connectivity index (χ0n) is 17.8. The van der Waals surface area contributed by atoms with E-state index in [1.807, 2.05) is 0 Å². The van der Waals surface area contributed by atoms with E-state index in [1.54, 1.807) is 68.4 Å². The van der Waals surface area contributed by atoms with Gasteiger partial charge in [-0.05, 0) is 29.8 Å². The fourth-order valence-corrected chi connectivity index (χ4v) is 2.86. The van der Waals surface area contributed by atoms with Crippen molar-refractivity contribution in [2.24, 2.45) is 5.41 Å². The maximum Gasteiger partial charge on any atom is 0.414 e. The van der Waals surface area contributed by atoms with E-state index in [0.717, 1.165) is 6.08 Å². The number of amides is 3. The number of carbonyl (C=O) groups is 3. The van der Waals surface area contributed by atoms with Crippen LogP contribution in [-0.2, 0) is 9.53 Å². The summed E-state index contributed by atoms with van der Waals surface area (Å²) in [5, 5.41) is 19.8. The Labute approximate surface area is 185 Å². The van der Waals surface area contributed by atoms with Gasteiger partial charge in [-0.15, -0.1) is 0 Å². The molecule has 3 amide bonds. The maximum absolute atomic E-state index is 12.5. The van der Waals surface area contributed by atoms with E-state index in [1.165, 1.54) is 11.6 Å². The fourth-order valence-electron chi connectivity index (χ4n) is 2.86. The van der Waals surface area contributed by atoms with Crippen LogP contribution in [0.3, 0.4) is 0 Å². The Morgan fingerprint density at radius 2 is 1.72 bits per heavy atom. The van der Waals surface area contributed by atoms with Gasteiger partial charge in [0, 0.05) is 17.1 Å². The van der Waals surface area contributed by atoms with E-state index in [4.69, 9.17) is 19.8 Å². The standard InChI is InChI=1S/C23H26N2O7/c1-23(2,13-12-19(27)25-30)20(16-8-10-18(11-9-16)31-15-14-26)32-22(29)24-21(28)17-6-4-3-5-7-17/h3-13,20,26,30H,14-15H2,1-2H3,(H,25,27)(H,24,28,29)/b13-12+/t20-/m1/s1. The summed E-state index contributed by atoms with van der Waals surface area (Å²) < 4.78 is 10.9. The molecule has 0 fully saturated rings. The number of hydroxylamine groups is 1. The van der Waals surface area contributed by atoms with Crippen molar-refractivity contribution in [2.75, 3.05) is 13.2 Å². The molecule has 0 aliphatic carbocycles. The molecule has 4 N–H and O–H groups in total. The van der Waals surface area contributed by atoms with E-state index in [2.05, 4.69) is 5.32 Å². The summed E-state index contributed by atoms with van der Waals surface area (Å²) in [4.78, 5) is 36.2. The molecule has 2 aromatic carbocycles. The molecule has 0 saturated heterocycles. The van der Waals surface area contributed by atoms with Crippen LogP contribution in [0, 0.1) is 5.41 Å². The molecule has 0 aliphatic rings. The van der Waals surface area contributed by atoms with Gasteiger partial charge in [0.05, 0.1) is 6.61 Å². The number of aliphatic hydroxyl groups is 1. The first kappa shape index (κ1) is 24.6. The summed E-state index contributed by atoms with van der Waals surface area (Å²) in [7, 11) is 0. The van der Waals surface area contributed by atoms with Crippen molar-refractivity contribution in [1.82, 2.24) is 10.8 Å². The number of hydrogen-bond acceptors (Lipinski definition) is 7. The third kappa shape index (κ3) is 7.22. The molecular formula is C23H26N2O7. The van der Waals surface area contributed by atoms with Gasteiger partial charge in [-0.2, -0.15) is 0 Å². The van der Waals surface area contributed by atoms with Gasteiger partial charge in [0.1, 0.15) is 18.5 Å². The summed E-state index contributed by atoms with van der Waals surface area (Å²) in [6.07, 6.45) is 0.728. The lowest BCUT2D eigenvalue weighted by atomic mass is 9.82. The van der Waals surface area contributed by atoms with Crippen LogP contribution in [0.5, 0.6) is 5.75 Å². The van der Waals surface area contributed by atoms with Gasteiger partial charge < -0.3 is 14.6 Å². The van der Waals surface area contributed by atoms with Crippen LogP contribution in [0.4, 0.5) is 4.79 Å². The van der Waals surface area contributed by atoms with Crippen molar-refractivity contribution in [3.8, 4) is 5.75 Å². The van der Waals surface area contributed by atoms with Crippen molar-refractivity contribution >= 4 is 17.9 Å². The average molecular weight is 442 g/mol. The molecule has 0 unspecified atom stereocenters. The van der Waals surface area contributed by atoms with E-state index < -0.39 is 29.4 Å².